The number of hydrogen-bond donors (Lipinski definition) is 3. The van der Waals surface area contributed by atoms with Crippen molar-refractivity contribution in [3.05, 3.63) is 54.9 Å². The molecule has 0 unspecified atom stereocenters. The number of rotatable bonds is 6. The fourth-order valence-electron chi connectivity index (χ4n) is 3.02. The van der Waals surface area contributed by atoms with Gasteiger partial charge < -0.3 is 21.2 Å². The normalized spacial score (nSPS) is 12.2. The van der Waals surface area contributed by atoms with Crippen LogP contribution in [0.4, 0.5) is 10.2 Å². The molecule has 4 aromatic rings. The lowest BCUT2D eigenvalue weighted by atomic mass is 10.0. The molecule has 3 aromatic heterocycles. The Labute approximate surface area is 167 Å². The number of fused-ring (bicyclic) bond motifs is 1. The Hall–Kier alpha value is -3.52. The quantitative estimate of drug-likeness (QED) is 0.432. The van der Waals surface area contributed by atoms with Crippen LogP contribution in [0.5, 0.6) is 5.88 Å². The number of pyridine rings is 1. The highest BCUT2D eigenvalue weighted by Crippen LogP contribution is 2.33. The first-order valence-electron chi connectivity index (χ1n) is 9.29. The summed E-state index contributed by atoms with van der Waals surface area (Å²) in [5.41, 5.74) is 14.9. The summed E-state index contributed by atoms with van der Waals surface area (Å²) in [6, 6.07) is 8.92. The molecule has 4 rings (SSSR count). The lowest BCUT2D eigenvalue weighted by Gasteiger charge is -2.11. The van der Waals surface area contributed by atoms with Crippen molar-refractivity contribution >= 4 is 16.7 Å². The molecule has 1 atom stereocenters. The largest absolute Gasteiger partial charge is 0.475 e. The van der Waals surface area contributed by atoms with Crippen LogP contribution in [-0.2, 0) is 0 Å². The van der Waals surface area contributed by atoms with Crippen molar-refractivity contribution in [3.63, 3.8) is 0 Å². The standard InChI is InChI=1S/C21H21FN6O/c1-2-13(23)11-29-20-10-25-9-18(27-20)12-3-5-17-15(7-12)16(8-26-17)14-4-6-19(24)28-21(14)22/h3-10,13,26H,2,11,23H2,1H3,(H2,24,28)/t13-/m0/s1. The molecule has 0 aliphatic carbocycles. The second-order valence-electron chi connectivity index (χ2n) is 6.76. The van der Waals surface area contributed by atoms with Crippen molar-refractivity contribution < 1.29 is 9.13 Å². The van der Waals surface area contributed by atoms with E-state index in [-0.39, 0.29) is 11.9 Å². The molecule has 0 saturated heterocycles. The van der Waals surface area contributed by atoms with Crippen LogP contribution in [0.2, 0.25) is 0 Å². The number of aromatic nitrogens is 4. The number of hydrogen-bond acceptors (Lipinski definition) is 6. The number of nitrogens with two attached hydrogens (primary N) is 2. The molecular weight excluding hydrogens is 371 g/mol. The van der Waals surface area contributed by atoms with Crippen molar-refractivity contribution in [2.24, 2.45) is 5.73 Å². The van der Waals surface area contributed by atoms with Gasteiger partial charge >= 0.3 is 0 Å². The maximum atomic E-state index is 14.3. The molecule has 0 aliphatic heterocycles. The van der Waals surface area contributed by atoms with E-state index in [0.717, 1.165) is 22.9 Å². The minimum Gasteiger partial charge on any atom is -0.475 e. The first-order valence-corrected chi connectivity index (χ1v) is 9.29. The van der Waals surface area contributed by atoms with Crippen LogP contribution in [0.15, 0.2) is 48.9 Å². The van der Waals surface area contributed by atoms with E-state index in [1.54, 1.807) is 30.7 Å². The Morgan fingerprint density at radius 2 is 2.00 bits per heavy atom. The number of ether oxygens (including phenoxy) is 1. The van der Waals surface area contributed by atoms with E-state index in [4.69, 9.17) is 16.2 Å². The Balaban J connectivity index is 1.71. The monoisotopic (exact) mass is 392 g/mol. The lowest BCUT2D eigenvalue weighted by molar-refractivity contribution is 0.274. The Morgan fingerprint density at radius 1 is 1.14 bits per heavy atom. The highest BCUT2D eigenvalue weighted by molar-refractivity contribution is 5.97. The molecule has 8 heteroatoms. The summed E-state index contributed by atoms with van der Waals surface area (Å²) in [5.74, 6) is -0.0602. The second kappa shape index (κ2) is 7.84. The van der Waals surface area contributed by atoms with Gasteiger partial charge in [-0.05, 0) is 30.7 Å². The van der Waals surface area contributed by atoms with Crippen LogP contribution in [0, 0.1) is 5.95 Å². The van der Waals surface area contributed by atoms with Gasteiger partial charge in [-0.3, -0.25) is 4.98 Å². The van der Waals surface area contributed by atoms with Crippen LogP contribution >= 0.6 is 0 Å². The van der Waals surface area contributed by atoms with Crippen LogP contribution in [0.3, 0.4) is 0 Å². The minimum atomic E-state index is -0.612. The Bertz CT molecular complexity index is 1160. The SMILES string of the molecule is CC[C@H](N)COc1cncc(-c2ccc3[nH]cc(-c4ccc(N)nc4F)c3c2)n1. The van der Waals surface area contributed by atoms with Gasteiger partial charge in [0.2, 0.25) is 11.8 Å². The molecule has 0 aliphatic rings. The van der Waals surface area contributed by atoms with Gasteiger partial charge in [0.15, 0.2) is 0 Å². The van der Waals surface area contributed by atoms with Crippen LogP contribution in [-0.4, -0.2) is 32.6 Å². The summed E-state index contributed by atoms with van der Waals surface area (Å²) in [5, 5.41) is 0.842. The van der Waals surface area contributed by atoms with E-state index in [1.807, 2.05) is 25.1 Å². The molecular formula is C21H21FN6O. The number of benzene rings is 1. The van der Waals surface area contributed by atoms with Crippen LogP contribution in [0.1, 0.15) is 13.3 Å². The van der Waals surface area contributed by atoms with Gasteiger partial charge in [0.05, 0.1) is 18.1 Å². The van der Waals surface area contributed by atoms with Crippen molar-refractivity contribution in [2.75, 3.05) is 12.3 Å². The average Bonchev–Trinajstić information content (AvgIpc) is 3.15. The van der Waals surface area contributed by atoms with Crippen LogP contribution in [0.25, 0.3) is 33.3 Å². The number of nitrogens with one attached hydrogen (secondary N) is 1. The Morgan fingerprint density at radius 3 is 2.79 bits per heavy atom. The van der Waals surface area contributed by atoms with Crippen molar-refractivity contribution in [3.8, 4) is 28.3 Å². The summed E-state index contributed by atoms with van der Waals surface area (Å²) in [7, 11) is 0. The third kappa shape index (κ3) is 3.88. The first-order chi connectivity index (χ1) is 14.0. The second-order valence-corrected chi connectivity index (χ2v) is 6.76. The zero-order valence-corrected chi connectivity index (χ0v) is 15.9. The van der Waals surface area contributed by atoms with Gasteiger partial charge in [-0.2, -0.15) is 4.39 Å². The summed E-state index contributed by atoms with van der Waals surface area (Å²) in [4.78, 5) is 15.6. The maximum absolute atomic E-state index is 14.3. The van der Waals surface area contributed by atoms with Gasteiger partial charge in [0.25, 0.3) is 0 Å². The van der Waals surface area contributed by atoms with Crippen molar-refractivity contribution in [1.82, 2.24) is 19.9 Å². The van der Waals surface area contributed by atoms with Crippen LogP contribution < -0.4 is 16.2 Å². The highest BCUT2D eigenvalue weighted by Gasteiger charge is 2.14. The number of H-pyrrole nitrogens is 1. The summed E-state index contributed by atoms with van der Waals surface area (Å²) in [6.45, 7) is 2.37. The molecule has 5 N–H and O–H groups in total. The fourth-order valence-corrected chi connectivity index (χ4v) is 3.02. The molecule has 0 radical (unpaired) electrons. The zero-order valence-electron chi connectivity index (χ0n) is 15.9. The van der Waals surface area contributed by atoms with E-state index >= 15 is 0 Å². The van der Waals surface area contributed by atoms with E-state index in [2.05, 4.69) is 19.9 Å². The van der Waals surface area contributed by atoms with Gasteiger partial charge in [0, 0.05) is 39.8 Å². The van der Waals surface area contributed by atoms with E-state index in [1.165, 1.54) is 0 Å². The predicted octanol–water partition coefficient (Wildman–Crippen LogP) is 3.52. The molecule has 3 heterocycles. The molecule has 0 bridgehead atoms. The number of aromatic amines is 1. The third-order valence-electron chi connectivity index (χ3n) is 4.72. The number of halogens is 1. The summed E-state index contributed by atoms with van der Waals surface area (Å²) in [6.07, 6.45) is 5.78. The lowest BCUT2D eigenvalue weighted by Crippen LogP contribution is -2.26. The van der Waals surface area contributed by atoms with E-state index < -0.39 is 5.95 Å². The highest BCUT2D eigenvalue weighted by atomic mass is 19.1. The molecule has 29 heavy (non-hydrogen) atoms. The summed E-state index contributed by atoms with van der Waals surface area (Å²) >= 11 is 0. The smallest absolute Gasteiger partial charge is 0.232 e. The molecule has 1 aromatic carbocycles. The maximum Gasteiger partial charge on any atom is 0.232 e. The van der Waals surface area contributed by atoms with Gasteiger partial charge in [-0.25, -0.2) is 9.97 Å². The summed E-state index contributed by atoms with van der Waals surface area (Å²) < 4.78 is 20.0. The predicted molar refractivity (Wildman–Crippen MR) is 111 cm³/mol. The molecule has 0 fully saturated rings. The molecule has 0 amide bonds. The van der Waals surface area contributed by atoms with E-state index in [0.29, 0.717) is 29.3 Å². The minimum absolute atomic E-state index is 0.0531. The number of nitrogen functional groups attached to an aromatic ring is 1. The molecule has 0 spiro atoms. The zero-order chi connectivity index (χ0) is 20.4. The van der Waals surface area contributed by atoms with Gasteiger partial charge in [0.1, 0.15) is 12.4 Å². The van der Waals surface area contributed by atoms with E-state index in [9.17, 15) is 4.39 Å². The topological polar surface area (TPSA) is 116 Å². The Kier molecular flexibility index (Phi) is 5.09. The third-order valence-corrected chi connectivity index (χ3v) is 4.72. The van der Waals surface area contributed by atoms with Crippen molar-refractivity contribution in [1.29, 1.82) is 0 Å². The fraction of sp³-hybridized carbons (Fsp3) is 0.190. The number of anilines is 1. The molecule has 148 valence electrons. The first kappa shape index (κ1) is 18.8. The van der Waals surface area contributed by atoms with Gasteiger partial charge in [-0.1, -0.05) is 13.0 Å². The molecule has 7 nitrogen and oxygen atoms in total. The molecule has 0 saturated carbocycles. The van der Waals surface area contributed by atoms with Gasteiger partial charge in [-0.15, -0.1) is 0 Å². The average molecular weight is 392 g/mol. The van der Waals surface area contributed by atoms with Crippen molar-refractivity contribution in [2.45, 2.75) is 19.4 Å². The number of nitrogens with zero attached hydrogens (tertiary/aromatic N) is 3.